The lowest BCUT2D eigenvalue weighted by Gasteiger charge is -2.41. The molecule has 0 saturated carbocycles. The molecule has 1 fully saturated rings. The van der Waals surface area contributed by atoms with Gasteiger partial charge in [0.1, 0.15) is 29.8 Å². The monoisotopic (exact) mass is 390 g/mol. The van der Waals surface area contributed by atoms with Crippen molar-refractivity contribution < 1.29 is 37.2 Å². The Morgan fingerprint density at radius 2 is 1.96 bits per heavy atom. The van der Waals surface area contributed by atoms with Gasteiger partial charge in [0, 0.05) is 20.7 Å². The van der Waals surface area contributed by atoms with Gasteiger partial charge in [-0.05, 0) is 12.8 Å². The lowest BCUT2D eigenvalue weighted by molar-refractivity contribution is -0.284. The molecule has 2 aliphatic rings. The molecular weight excluding hydrogens is 368 g/mol. The summed E-state index contributed by atoms with van der Waals surface area (Å²) in [5.41, 5.74) is -0.847. The lowest BCUT2D eigenvalue weighted by Crippen LogP contribution is -2.61. The molecule has 0 spiro atoms. The highest BCUT2D eigenvalue weighted by atomic mass is 32.2. The minimum Gasteiger partial charge on any atom is -0.388 e. The second-order valence-electron chi connectivity index (χ2n) is 6.09. The van der Waals surface area contributed by atoms with Gasteiger partial charge in [0.05, 0.1) is 6.67 Å². The zero-order valence-corrected chi connectivity index (χ0v) is 14.6. The SMILES string of the molecule is CN(C)C1=N[C@@H]2[C@@H](O)[C@H](O)C([C@H](OCCCCF)C(F)(F)F)O[C@@H]2S1. The van der Waals surface area contributed by atoms with E-state index in [9.17, 15) is 27.8 Å². The molecule has 1 unspecified atom stereocenters. The summed E-state index contributed by atoms with van der Waals surface area (Å²) in [6.07, 6.45) is -12.1. The van der Waals surface area contributed by atoms with Crippen LogP contribution in [-0.2, 0) is 9.47 Å². The predicted octanol–water partition coefficient (Wildman–Crippen LogP) is 1.16. The molecule has 6 atom stereocenters. The summed E-state index contributed by atoms with van der Waals surface area (Å²) in [7, 11) is 3.41. The molecule has 2 N–H and O–H groups in total. The number of unbranched alkanes of at least 4 members (excludes halogenated alkanes) is 1. The maximum Gasteiger partial charge on any atom is 0.417 e. The Balaban J connectivity index is 2.11. The zero-order valence-electron chi connectivity index (χ0n) is 13.8. The smallest absolute Gasteiger partial charge is 0.388 e. The Kier molecular flexibility index (Phi) is 6.94. The van der Waals surface area contributed by atoms with Crippen molar-refractivity contribution in [3.63, 3.8) is 0 Å². The van der Waals surface area contributed by atoms with E-state index in [2.05, 4.69) is 4.99 Å². The number of nitrogens with zero attached hydrogens (tertiary/aromatic N) is 2. The third-order valence-corrected chi connectivity index (χ3v) is 5.22. The van der Waals surface area contributed by atoms with Crippen molar-refractivity contribution in [2.24, 2.45) is 4.99 Å². The third-order valence-electron chi connectivity index (χ3n) is 3.92. The number of hydrogen-bond acceptors (Lipinski definition) is 7. The normalized spacial score (nSPS) is 33.8. The van der Waals surface area contributed by atoms with Crippen LogP contribution >= 0.6 is 11.8 Å². The van der Waals surface area contributed by atoms with Crippen molar-refractivity contribution in [1.82, 2.24) is 4.90 Å². The summed E-state index contributed by atoms with van der Waals surface area (Å²) in [5, 5.41) is 20.8. The molecule has 1 saturated heterocycles. The van der Waals surface area contributed by atoms with E-state index < -0.39 is 48.7 Å². The second kappa shape index (κ2) is 8.38. The van der Waals surface area contributed by atoms with E-state index in [1.54, 1.807) is 19.0 Å². The Morgan fingerprint density at radius 1 is 1.28 bits per heavy atom. The van der Waals surface area contributed by atoms with Gasteiger partial charge >= 0.3 is 6.18 Å². The minimum absolute atomic E-state index is 0.0852. The van der Waals surface area contributed by atoms with Crippen molar-refractivity contribution in [2.45, 2.75) is 54.9 Å². The van der Waals surface area contributed by atoms with Gasteiger partial charge in [-0.25, -0.2) is 0 Å². The fourth-order valence-electron chi connectivity index (χ4n) is 2.62. The van der Waals surface area contributed by atoms with E-state index in [0.29, 0.717) is 5.17 Å². The summed E-state index contributed by atoms with van der Waals surface area (Å²) in [4.78, 5) is 5.84. The highest BCUT2D eigenvalue weighted by Crippen LogP contribution is 2.40. The minimum atomic E-state index is -4.80. The predicted molar refractivity (Wildman–Crippen MR) is 84.2 cm³/mol. The van der Waals surface area contributed by atoms with E-state index in [4.69, 9.17) is 9.47 Å². The number of aliphatic hydroxyl groups is 2. The number of alkyl halides is 4. The molecule has 2 aliphatic heterocycles. The third kappa shape index (κ3) is 4.76. The summed E-state index contributed by atoms with van der Waals surface area (Å²) in [6.45, 7) is -0.968. The average Bonchev–Trinajstić information content (AvgIpc) is 2.95. The molecule has 0 bridgehead atoms. The fourth-order valence-corrected chi connectivity index (χ4v) is 3.77. The molecule has 0 aliphatic carbocycles. The molecule has 2 heterocycles. The highest BCUT2D eigenvalue weighted by Gasteiger charge is 2.57. The first-order valence-electron chi connectivity index (χ1n) is 7.84. The van der Waals surface area contributed by atoms with Crippen LogP contribution in [0.3, 0.4) is 0 Å². The molecule has 25 heavy (non-hydrogen) atoms. The molecule has 6 nitrogen and oxygen atoms in total. The van der Waals surface area contributed by atoms with E-state index in [1.165, 1.54) is 0 Å². The first kappa shape index (κ1) is 20.7. The molecule has 0 aromatic rings. The number of halogens is 4. The number of amidine groups is 1. The molecule has 0 radical (unpaired) electrons. The number of rotatable bonds is 6. The summed E-state index contributed by atoms with van der Waals surface area (Å²) >= 11 is 1.08. The molecule has 146 valence electrons. The Hall–Kier alpha value is -0.620. The van der Waals surface area contributed by atoms with Crippen LogP contribution in [0.4, 0.5) is 17.6 Å². The standard InChI is InChI=1S/C14H22F4N2O4S/c1-20(2)13-19-7-8(21)9(22)10(24-12(7)25-13)11(14(16,17)18)23-6-4-3-5-15/h7-12,21-22H,3-6H2,1-2H3/t7-,8-,9+,10?,11+,12-/m1/s1. The van der Waals surface area contributed by atoms with E-state index in [1.807, 2.05) is 0 Å². The van der Waals surface area contributed by atoms with Gasteiger partial charge in [-0.15, -0.1) is 0 Å². The van der Waals surface area contributed by atoms with E-state index in [-0.39, 0.29) is 19.4 Å². The Morgan fingerprint density at radius 3 is 2.52 bits per heavy atom. The summed E-state index contributed by atoms with van der Waals surface area (Å²) < 4.78 is 62.4. The van der Waals surface area contributed by atoms with Gasteiger partial charge in [0.2, 0.25) is 0 Å². The first-order valence-corrected chi connectivity index (χ1v) is 8.72. The maximum atomic E-state index is 13.3. The van der Waals surface area contributed by atoms with Crippen LogP contribution in [0.1, 0.15) is 12.8 Å². The summed E-state index contributed by atoms with van der Waals surface area (Å²) in [5.74, 6) is 0. The maximum absolute atomic E-state index is 13.3. The quantitative estimate of drug-likeness (QED) is 0.524. The van der Waals surface area contributed by atoms with Crippen molar-refractivity contribution in [3.05, 3.63) is 0 Å². The average molecular weight is 390 g/mol. The molecular formula is C14H22F4N2O4S. The van der Waals surface area contributed by atoms with Crippen molar-refractivity contribution in [3.8, 4) is 0 Å². The largest absolute Gasteiger partial charge is 0.417 e. The van der Waals surface area contributed by atoms with E-state index in [0.717, 1.165) is 11.8 Å². The van der Waals surface area contributed by atoms with Gasteiger partial charge < -0.3 is 24.6 Å². The van der Waals surface area contributed by atoms with Crippen molar-refractivity contribution in [2.75, 3.05) is 27.4 Å². The highest BCUT2D eigenvalue weighted by molar-refractivity contribution is 8.14. The summed E-state index contributed by atoms with van der Waals surface area (Å²) in [6, 6.07) is -0.853. The van der Waals surface area contributed by atoms with Gasteiger partial charge in [-0.2, -0.15) is 13.2 Å². The van der Waals surface area contributed by atoms with Crippen LogP contribution in [0.5, 0.6) is 0 Å². The van der Waals surface area contributed by atoms with Crippen LogP contribution in [0.15, 0.2) is 4.99 Å². The number of aliphatic hydroxyl groups excluding tert-OH is 2. The zero-order chi connectivity index (χ0) is 18.8. The molecule has 0 aromatic heterocycles. The van der Waals surface area contributed by atoms with Gasteiger partial charge in [0.25, 0.3) is 0 Å². The van der Waals surface area contributed by atoms with Crippen LogP contribution < -0.4 is 0 Å². The second-order valence-corrected chi connectivity index (χ2v) is 7.16. The number of aliphatic imine (C=N–C) groups is 1. The number of thioether (sulfide) groups is 1. The van der Waals surface area contributed by atoms with Crippen LogP contribution in [0.2, 0.25) is 0 Å². The van der Waals surface area contributed by atoms with Crippen molar-refractivity contribution >= 4 is 16.9 Å². The number of hydrogen-bond donors (Lipinski definition) is 2. The molecule has 0 aromatic carbocycles. The van der Waals surface area contributed by atoms with Crippen LogP contribution in [0, 0.1) is 0 Å². The topological polar surface area (TPSA) is 74.5 Å². The fraction of sp³-hybridized carbons (Fsp3) is 0.929. The number of fused-ring (bicyclic) bond motifs is 1. The molecule has 0 amide bonds. The first-order chi connectivity index (χ1) is 11.7. The van der Waals surface area contributed by atoms with Crippen molar-refractivity contribution in [1.29, 1.82) is 0 Å². The van der Waals surface area contributed by atoms with E-state index >= 15 is 0 Å². The van der Waals surface area contributed by atoms with Crippen LogP contribution in [0.25, 0.3) is 0 Å². The van der Waals surface area contributed by atoms with Gasteiger partial charge in [-0.3, -0.25) is 9.38 Å². The van der Waals surface area contributed by atoms with Gasteiger partial charge in [0.15, 0.2) is 11.3 Å². The Labute approximate surface area is 147 Å². The number of ether oxygens (including phenoxy) is 2. The van der Waals surface area contributed by atoms with Crippen LogP contribution in [-0.4, -0.2) is 89.7 Å². The van der Waals surface area contributed by atoms with Gasteiger partial charge in [-0.1, -0.05) is 11.8 Å². The molecule has 11 heteroatoms. The Bertz CT molecular complexity index is 480. The molecule has 2 rings (SSSR count). The lowest BCUT2D eigenvalue weighted by atomic mass is 9.94.